The highest BCUT2D eigenvalue weighted by molar-refractivity contribution is 5.72. The predicted octanol–water partition coefficient (Wildman–Crippen LogP) is 3.35. The number of allylic oxidation sites excluding steroid dienone is 2. The molecule has 12 heavy (non-hydrogen) atoms. The van der Waals surface area contributed by atoms with Gasteiger partial charge in [0.25, 0.3) is 0 Å². The van der Waals surface area contributed by atoms with Crippen LogP contribution in [0.3, 0.4) is 0 Å². The second-order valence-corrected chi connectivity index (χ2v) is 3.63. The van der Waals surface area contributed by atoms with Gasteiger partial charge in [-0.3, -0.25) is 4.79 Å². The van der Waals surface area contributed by atoms with Gasteiger partial charge in [-0.1, -0.05) is 33.3 Å². The van der Waals surface area contributed by atoms with Gasteiger partial charge in [0.05, 0.1) is 0 Å². The van der Waals surface area contributed by atoms with E-state index in [1.54, 1.807) is 0 Å². The predicted molar refractivity (Wildman–Crippen MR) is 53.1 cm³/mol. The Morgan fingerprint density at radius 2 is 2.08 bits per heavy atom. The first kappa shape index (κ1) is 11.4. The molecular formula is C11H20O. The Morgan fingerprint density at radius 3 is 2.50 bits per heavy atom. The lowest BCUT2D eigenvalue weighted by Crippen LogP contribution is -1.89. The summed E-state index contributed by atoms with van der Waals surface area (Å²) in [6.07, 6.45) is 7.34. The highest BCUT2D eigenvalue weighted by Crippen LogP contribution is 2.08. The summed E-state index contributed by atoms with van der Waals surface area (Å²) in [7, 11) is 0. The van der Waals surface area contributed by atoms with E-state index in [0.29, 0.717) is 5.92 Å². The first-order chi connectivity index (χ1) is 5.70. The van der Waals surface area contributed by atoms with Crippen molar-refractivity contribution < 1.29 is 4.79 Å². The van der Waals surface area contributed by atoms with Crippen LogP contribution >= 0.6 is 0 Å². The van der Waals surface area contributed by atoms with E-state index in [0.717, 1.165) is 37.5 Å². The Hall–Kier alpha value is -0.590. The van der Waals surface area contributed by atoms with Crippen LogP contribution in [-0.2, 0) is 4.79 Å². The SMILES string of the molecule is CCCCC(C=O)=CCC(C)C. The summed E-state index contributed by atoms with van der Waals surface area (Å²) in [5.41, 5.74) is 0.977. The second kappa shape index (κ2) is 7.08. The molecule has 0 aliphatic rings. The molecule has 0 aliphatic carbocycles. The van der Waals surface area contributed by atoms with Gasteiger partial charge in [0.2, 0.25) is 0 Å². The first-order valence-electron chi connectivity index (χ1n) is 4.84. The molecule has 0 fully saturated rings. The van der Waals surface area contributed by atoms with Crippen LogP contribution in [0.15, 0.2) is 11.6 Å². The Morgan fingerprint density at radius 1 is 1.42 bits per heavy atom. The lowest BCUT2D eigenvalue weighted by atomic mass is 10.0. The monoisotopic (exact) mass is 168 g/mol. The molecule has 0 amide bonds. The van der Waals surface area contributed by atoms with E-state index in [4.69, 9.17) is 0 Å². The van der Waals surface area contributed by atoms with E-state index in [-0.39, 0.29) is 0 Å². The van der Waals surface area contributed by atoms with E-state index in [9.17, 15) is 4.79 Å². The van der Waals surface area contributed by atoms with Gasteiger partial charge in [0.1, 0.15) is 6.29 Å². The Labute approximate surface area is 75.9 Å². The maximum Gasteiger partial charge on any atom is 0.145 e. The molecule has 0 spiro atoms. The van der Waals surface area contributed by atoms with Crippen molar-refractivity contribution in [2.45, 2.75) is 46.5 Å². The summed E-state index contributed by atoms with van der Waals surface area (Å²) in [6, 6.07) is 0. The smallest absolute Gasteiger partial charge is 0.145 e. The van der Waals surface area contributed by atoms with Crippen LogP contribution in [0.25, 0.3) is 0 Å². The molecule has 0 bridgehead atoms. The lowest BCUT2D eigenvalue weighted by molar-refractivity contribution is -0.105. The van der Waals surface area contributed by atoms with Gasteiger partial charge < -0.3 is 0 Å². The number of carbonyl (C=O) groups excluding carboxylic acids is 1. The molecule has 0 aromatic heterocycles. The summed E-state index contributed by atoms with van der Waals surface area (Å²) in [4.78, 5) is 10.6. The molecule has 0 N–H and O–H groups in total. The molecule has 0 aromatic rings. The van der Waals surface area contributed by atoms with Crippen molar-refractivity contribution in [3.8, 4) is 0 Å². The minimum atomic E-state index is 0.654. The fourth-order valence-electron chi connectivity index (χ4n) is 0.977. The van der Waals surface area contributed by atoms with Crippen LogP contribution in [0.2, 0.25) is 0 Å². The summed E-state index contributed by atoms with van der Waals surface area (Å²) in [5, 5.41) is 0. The number of aldehydes is 1. The van der Waals surface area contributed by atoms with Gasteiger partial charge in [-0.2, -0.15) is 0 Å². The van der Waals surface area contributed by atoms with Gasteiger partial charge in [-0.15, -0.1) is 0 Å². The highest BCUT2D eigenvalue weighted by Gasteiger charge is 1.95. The van der Waals surface area contributed by atoms with Crippen molar-refractivity contribution in [2.24, 2.45) is 5.92 Å². The average Bonchev–Trinajstić information content (AvgIpc) is 2.05. The summed E-state index contributed by atoms with van der Waals surface area (Å²) in [5.74, 6) is 0.654. The topological polar surface area (TPSA) is 17.1 Å². The zero-order valence-electron chi connectivity index (χ0n) is 8.47. The fourth-order valence-corrected chi connectivity index (χ4v) is 0.977. The quantitative estimate of drug-likeness (QED) is 0.439. The van der Waals surface area contributed by atoms with Crippen molar-refractivity contribution in [2.75, 3.05) is 0 Å². The maximum atomic E-state index is 10.6. The van der Waals surface area contributed by atoms with E-state index >= 15 is 0 Å². The van der Waals surface area contributed by atoms with Crippen LogP contribution in [0.1, 0.15) is 46.5 Å². The molecule has 0 saturated carbocycles. The van der Waals surface area contributed by atoms with Crippen molar-refractivity contribution in [1.82, 2.24) is 0 Å². The molecule has 1 nitrogen and oxygen atoms in total. The van der Waals surface area contributed by atoms with Crippen molar-refractivity contribution in [3.63, 3.8) is 0 Å². The minimum Gasteiger partial charge on any atom is -0.298 e. The van der Waals surface area contributed by atoms with Gasteiger partial charge in [-0.25, -0.2) is 0 Å². The largest absolute Gasteiger partial charge is 0.298 e. The minimum absolute atomic E-state index is 0.654. The summed E-state index contributed by atoms with van der Waals surface area (Å²) in [6.45, 7) is 6.47. The first-order valence-corrected chi connectivity index (χ1v) is 4.84. The Bertz CT molecular complexity index is 145. The van der Waals surface area contributed by atoms with Crippen LogP contribution < -0.4 is 0 Å². The molecule has 0 aliphatic heterocycles. The summed E-state index contributed by atoms with van der Waals surface area (Å²) < 4.78 is 0. The molecule has 0 rings (SSSR count). The van der Waals surface area contributed by atoms with Crippen molar-refractivity contribution in [3.05, 3.63) is 11.6 Å². The third-order valence-corrected chi connectivity index (χ3v) is 1.82. The number of hydrogen-bond acceptors (Lipinski definition) is 1. The van der Waals surface area contributed by atoms with E-state index in [1.807, 2.05) is 0 Å². The average molecular weight is 168 g/mol. The molecule has 0 saturated heterocycles. The van der Waals surface area contributed by atoms with E-state index in [1.165, 1.54) is 0 Å². The fraction of sp³-hybridized carbons (Fsp3) is 0.727. The van der Waals surface area contributed by atoms with Crippen LogP contribution in [0.5, 0.6) is 0 Å². The van der Waals surface area contributed by atoms with Crippen LogP contribution in [0, 0.1) is 5.92 Å². The maximum absolute atomic E-state index is 10.6. The molecule has 0 aromatic carbocycles. The van der Waals surface area contributed by atoms with Gasteiger partial charge in [0, 0.05) is 0 Å². The van der Waals surface area contributed by atoms with Crippen molar-refractivity contribution in [1.29, 1.82) is 0 Å². The van der Waals surface area contributed by atoms with Crippen molar-refractivity contribution >= 4 is 6.29 Å². The molecule has 1 heteroatoms. The summed E-state index contributed by atoms with van der Waals surface area (Å²) >= 11 is 0. The zero-order valence-corrected chi connectivity index (χ0v) is 8.47. The Kier molecular flexibility index (Phi) is 6.73. The second-order valence-electron chi connectivity index (χ2n) is 3.63. The number of rotatable bonds is 6. The molecule has 0 heterocycles. The van der Waals surface area contributed by atoms with Crippen LogP contribution in [-0.4, -0.2) is 6.29 Å². The lowest BCUT2D eigenvalue weighted by Gasteiger charge is -2.00. The third kappa shape index (κ3) is 6.14. The zero-order chi connectivity index (χ0) is 9.40. The number of carbonyl (C=O) groups is 1. The number of hydrogen-bond donors (Lipinski definition) is 0. The molecular weight excluding hydrogens is 148 g/mol. The van der Waals surface area contributed by atoms with Gasteiger partial charge in [0.15, 0.2) is 0 Å². The molecule has 0 unspecified atom stereocenters. The van der Waals surface area contributed by atoms with E-state index < -0.39 is 0 Å². The normalized spacial score (nSPS) is 12.2. The van der Waals surface area contributed by atoms with Gasteiger partial charge in [-0.05, 0) is 30.8 Å². The highest BCUT2D eigenvalue weighted by atomic mass is 16.1. The van der Waals surface area contributed by atoms with Crippen LogP contribution in [0.4, 0.5) is 0 Å². The van der Waals surface area contributed by atoms with Gasteiger partial charge >= 0.3 is 0 Å². The van der Waals surface area contributed by atoms with E-state index in [2.05, 4.69) is 26.8 Å². The molecule has 70 valence electrons. The Balaban J connectivity index is 3.78. The molecule has 0 atom stereocenters. The third-order valence-electron chi connectivity index (χ3n) is 1.82. The molecule has 0 radical (unpaired) electrons. The number of unbranched alkanes of at least 4 members (excludes halogenated alkanes) is 1. The standard InChI is InChI=1S/C11H20O/c1-4-5-6-11(9-12)8-7-10(2)3/h8-10H,4-7H2,1-3H3.